The van der Waals surface area contributed by atoms with Gasteiger partial charge in [0, 0.05) is 12.6 Å². The summed E-state index contributed by atoms with van der Waals surface area (Å²) in [5, 5.41) is 13.6. The highest BCUT2D eigenvalue weighted by atomic mass is 32.2. The SMILES string of the molecule is O=S1(=O)CCCC(NCC2(O)CCCCC2)C1. The van der Waals surface area contributed by atoms with Crippen molar-refractivity contribution in [2.75, 3.05) is 18.1 Å². The lowest BCUT2D eigenvalue weighted by Crippen LogP contribution is -2.49. The van der Waals surface area contributed by atoms with E-state index in [1.165, 1.54) is 6.42 Å². The molecule has 0 radical (unpaired) electrons. The summed E-state index contributed by atoms with van der Waals surface area (Å²) >= 11 is 0. The van der Waals surface area contributed by atoms with Crippen LogP contribution in [0.1, 0.15) is 44.9 Å². The Labute approximate surface area is 104 Å². The van der Waals surface area contributed by atoms with Crippen molar-refractivity contribution >= 4 is 9.84 Å². The summed E-state index contributed by atoms with van der Waals surface area (Å²) in [5.41, 5.74) is -0.598. The maximum absolute atomic E-state index is 11.5. The maximum atomic E-state index is 11.5. The number of aliphatic hydroxyl groups is 1. The number of rotatable bonds is 3. The quantitative estimate of drug-likeness (QED) is 0.790. The van der Waals surface area contributed by atoms with Crippen molar-refractivity contribution in [2.45, 2.75) is 56.6 Å². The van der Waals surface area contributed by atoms with Gasteiger partial charge in [0.25, 0.3) is 0 Å². The van der Waals surface area contributed by atoms with E-state index in [0.29, 0.717) is 12.3 Å². The topological polar surface area (TPSA) is 66.4 Å². The van der Waals surface area contributed by atoms with Gasteiger partial charge in [0.1, 0.15) is 0 Å². The lowest BCUT2D eigenvalue weighted by Gasteiger charge is -2.34. The minimum absolute atomic E-state index is 0.0414. The van der Waals surface area contributed by atoms with Gasteiger partial charge >= 0.3 is 0 Å². The molecule has 0 spiro atoms. The maximum Gasteiger partial charge on any atom is 0.151 e. The number of nitrogens with one attached hydrogen (secondary N) is 1. The molecule has 1 aliphatic heterocycles. The molecule has 0 aromatic rings. The van der Waals surface area contributed by atoms with E-state index in [-0.39, 0.29) is 11.8 Å². The minimum atomic E-state index is -2.85. The van der Waals surface area contributed by atoms with E-state index in [0.717, 1.165) is 38.5 Å². The lowest BCUT2D eigenvalue weighted by molar-refractivity contribution is 0.00285. The van der Waals surface area contributed by atoms with Crippen molar-refractivity contribution < 1.29 is 13.5 Å². The molecule has 0 aromatic heterocycles. The summed E-state index contributed by atoms with van der Waals surface area (Å²) in [7, 11) is -2.85. The molecule has 1 unspecified atom stereocenters. The summed E-state index contributed by atoms with van der Waals surface area (Å²) in [5.74, 6) is 0.568. The third kappa shape index (κ3) is 3.93. The summed E-state index contributed by atoms with van der Waals surface area (Å²) < 4.78 is 23.0. The fourth-order valence-corrected chi connectivity index (χ4v) is 4.58. The van der Waals surface area contributed by atoms with Crippen molar-refractivity contribution in [3.8, 4) is 0 Å². The predicted molar refractivity (Wildman–Crippen MR) is 67.7 cm³/mol. The van der Waals surface area contributed by atoms with Gasteiger partial charge in [0.15, 0.2) is 9.84 Å². The highest BCUT2D eigenvalue weighted by Gasteiger charge is 2.31. The molecular formula is C12H23NO3S. The molecule has 4 nitrogen and oxygen atoms in total. The van der Waals surface area contributed by atoms with Crippen molar-refractivity contribution in [3.05, 3.63) is 0 Å². The molecular weight excluding hydrogens is 238 g/mol. The first-order valence-electron chi connectivity index (χ1n) is 6.65. The molecule has 1 atom stereocenters. The molecule has 17 heavy (non-hydrogen) atoms. The zero-order valence-electron chi connectivity index (χ0n) is 10.3. The summed E-state index contributed by atoms with van der Waals surface area (Å²) in [6.45, 7) is 0.549. The summed E-state index contributed by atoms with van der Waals surface area (Å²) in [4.78, 5) is 0. The second-order valence-electron chi connectivity index (χ2n) is 5.62. The lowest BCUT2D eigenvalue weighted by atomic mass is 9.84. The number of sulfone groups is 1. The van der Waals surface area contributed by atoms with Gasteiger partial charge in [0.2, 0.25) is 0 Å². The number of hydrogen-bond donors (Lipinski definition) is 2. The van der Waals surface area contributed by atoms with Gasteiger partial charge in [-0.15, -0.1) is 0 Å². The van der Waals surface area contributed by atoms with Crippen molar-refractivity contribution in [1.82, 2.24) is 5.32 Å². The van der Waals surface area contributed by atoms with Crippen LogP contribution in [0.15, 0.2) is 0 Å². The van der Waals surface area contributed by atoms with Gasteiger partial charge in [-0.25, -0.2) is 8.42 Å². The van der Waals surface area contributed by atoms with E-state index in [2.05, 4.69) is 5.32 Å². The van der Waals surface area contributed by atoms with Crippen LogP contribution in [0, 0.1) is 0 Å². The molecule has 0 aromatic carbocycles. The second kappa shape index (κ2) is 5.24. The van der Waals surface area contributed by atoms with Gasteiger partial charge in [0.05, 0.1) is 17.1 Å². The van der Waals surface area contributed by atoms with Crippen LogP contribution in [0.4, 0.5) is 0 Å². The predicted octanol–water partition coefficient (Wildman–Crippen LogP) is 0.848. The third-order valence-corrected chi connectivity index (χ3v) is 5.79. The minimum Gasteiger partial charge on any atom is -0.389 e. The van der Waals surface area contributed by atoms with Crippen LogP contribution in [0.5, 0.6) is 0 Å². The van der Waals surface area contributed by atoms with E-state index in [4.69, 9.17) is 0 Å². The van der Waals surface area contributed by atoms with E-state index in [1.54, 1.807) is 0 Å². The largest absolute Gasteiger partial charge is 0.389 e. The van der Waals surface area contributed by atoms with Gasteiger partial charge in [-0.05, 0) is 25.7 Å². The van der Waals surface area contributed by atoms with Crippen LogP contribution in [0.25, 0.3) is 0 Å². The average Bonchev–Trinajstić information content (AvgIpc) is 2.26. The molecule has 2 fully saturated rings. The highest BCUT2D eigenvalue weighted by Crippen LogP contribution is 2.27. The van der Waals surface area contributed by atoms with Crippen LogP contribution < -0.4 is 5.32 Å². The molecule has 0 bridgehead atoms. The summed E-state index contributed by atoms with van der Waals surface area (Å²) in [6, 6.07) is 0.0414. The van der Waals surface area contributed by atoms with E-state index in [1.807, 2.05) is 0 Å². The second-order valence-corrected chi connectivity index (χ2v) is 7.85. The normalized spacial score (nSPS) is 32.2. The molecule has 0 amide bonds. The zero-order valence-corrected chi connectivity index (χ0v) is 11.1. The Kier molecular flexibility index (Phi) is 4.10. The van der Waals surface area contributed by atoms with Crippen LogP contribution in [0.2, 0.25) is 0 Å². The Morgan fingerprint density at radius 3 is 2.53 bits per heavy atom. The molecule has 5 heteroatoms. The van der Waals surface area contributed by atoms with Crippen molar-refractivity contribution in [3.63, 3.8) is 0 Å². The Morgan fingerprint density at radius 2 is 1.88 bits per heavy atom. The first kappa shape index (κ1) is 13.3. The molecule has 1 heterocycles. The van der Waals surface area contributed by atoms with E-state index < -0.39 is 15.4 Å². The van der Waals surface area contributed by atoms with Gasteiger partial charge < -0.3 is 10.4 Å². The Balaban J connectivity index is 1.81. The average molecular weight is 261 g/mol. The Bertz CT molecular complexity index is 347. The molecule has 2 aliphatic rings. The van der Waals surface area contributed by atoms with Crippen LogP contribution in [-0.4, -0.2) is 43.2 Å². The fourth-order valence-electron chi connectivity index (χ4n) is 2.90. The fraction of sp³-hybridized carbons (Fsp3) is 1.00. The summed E-state index contributed by atoms with van der Waals surface area (Å²) in [6.07, 6.45) is 6.73. The van der Waals surface area contributed by atoms with Gasteiger partial charge in [-0.2, -0.15) is 0 Å². The molecule has 2 N–H and O–H groups in total. The third-order valence-electron chi connectivity index (χ3n) is 3.97. The number of hydrogen-bond acceptors (Lipinski definition) is 4. The van der Waals surface area contributed by atoms with Crippen molar-refractivity contribution in [1.29, 1.82) is 0 Å². The molecule has 1 saturated heterocycles. The van der Waals surface area contributed by atoms with Crippen LogP contribution >= 0.6 is 0 Å². The van der Waals surface area contributed by atoms with E-state index in [9.17, 15) is 13.5 Å². The Morgan fingerprint density at radius 1 is 1.18 bits per heavy atom. The smallest absolute Gasteiger partial charge is 0.151 e. The first-order chi connectivity index (χ1) is 7.99. The van der Waals surface area contributed by atoms with Gasteiger partial charge in [-0.3, -0.25) is 0 Å². The standard InChI is InChI=1S/C12H23NO3S/c14-12(6-2-1-3-7-12)10-13-11-5-4-8-17(15,16)9-11/h11,13-14H,1-10H2. The molecule has 1 aliphatic carbocycles. The molecule has 1 saturated carbocycles. The Hall–Kier alpha value is -0.130. The zero-order chi connectivity index (χ0) is 12.4. The monoisotopic (exact) mass is 261 g/mol. The van der Waals surface area contributed by atoms with Crippen molar-refractivity contribution in [2.24, 2.45) is 0 Å². The van der Waals surface area contributed by atoms with Crippen LogP contribution in [-0.2, 0) is 9.84 Å². The molecule has 100 valence electrons. The van der Waals surface area contributed by atoms with Gasteiger partial charge in [-0.1, -0.05) is 19.3 Å². The first-order valence-corrected chi connectivity index (χ1v) is 8.48. The molecule has 2 rings (SSSR count). The van der Waals surface area contributed by atoms with Crippen LogP contribution in [0.3, 0.4) is 0 Å². The van der Waals surface area contributed by atoms with E-state index >= 15 is 0 Å². The highest BCUT2D eigenvalue weighted by molar-refractivity contribution is 7.91.